The van der Waals surface area contributed by atoms with E-state index in [-0.39, 0.29) is 40.4 Å². The van der Waals surface area contributed by atoms with Gasteiger partial charge < -0.3 is 19.9 Å². The number of carbonyl (C=O) groups excluding carboxylic acids is 1. The maximum absolute atomic E-state index is 13.8. The van der Waals surface area contributed by atoms with E-state index in [0.29, 0.717) is 5.69 Å². The molecule has 12 nitrogen and oxygen atoms in total. The average molecular weight is 468 g/mol. The minimum Gasteiger partial charge on any atom is -0.484 e. The molecule has 1 aliphatic rings. The van der Waals surface area contributed by atoms with Crippen LogP contribution in [0.5, 0.6) is 11.6 Å². The molecule has 0 saturated heterocycles. The Bertz CT molecular complexity index is 1160. The van der Waals surface area contributed by atoms with Gasteiger partial charge in [-0.15, -0.1) is 5.10 Å². The molecule has 0 bridgehead atoms. The Morgan fingerprint density at radius 3 is 2.66 bits per heavy atom. The summed E-state index contributed by atoms with van der Waals surface area (Å²) in [6.07, 6.45) is -2.00. The highest BCUT2D eigenvalue weighted by atomic mass is 32.2. The highest BCUT2D eigenvalue weighted by Crippen LogP contribution is 2.41. The van der Waals surface area contributed by atoms with E-state index in [1.54, 1.807) is 20.9 Å². The molecule has 0 aliphatic carbocycles. The van der Waals surface area contributed by atoms with E-state index in [0.717, 1.165) is 4.31 Å². The summed E-state index contributed by atoms with van der Waals surface area (Å²) in [5.41, 5.74) is 0.678. The van der Waals surface area contributed by atoms with Crippen molar-refractivity contribution in [1.29, 1.82) is 0 Å². The highest BCUT2D eigenvalue weighted by Gasteiger charge is 2.40. The van der Waals surface area contributed by atoms with Gasteiger partial charge in [-0.1, -0.05) is 0 Å². The molecule has 0 fully saturated rings. The molecule has 0 spiro atoms. The predicted molar refractivity (Wildman–Crippen MR) is 115 cm³/mol. The number of aromatic nitrogens is 2. The lowest BCUT2D eigenvalue weighted by Crippen LogP contribution is -2.52. The average Bonchev–Trinajstić information content (AvgIpc) is 3.00. The fraction of sp³-hybridized carbons (Fsp3) is 0.421. The van der Waals surface area contributed by atoms with Gasteiger partial charge in [0.1, 0.15) is 11.9 Å². The van der Waals surface area contributed by atoms with Crippen LogP contribution >= 0.6 is 0 Å². The van der Waals surface area contributed by atoms with E-state index >= 15 is 0 Å². The van der Waals surface area contributed by atoms with Crippen molar-refractivity contribution in [2.24, 2.45) is 7.05 Å². The molecule has 13 heteroatoms. The summed E-state index contributed by atoms with van der Waals surface area (Å²) < 4.78 is 41.3. The number of ether oxygens (including phenoxy) is 2. The number of carboxylic acid groups (broad SMARTS) is 1. The lowest BCUT2D eigenvalue weighted by Gasteiger charge is -2.38. The number of nitrogens with one attached hydrogen (secondary N) is 2. The number of hydrogen-bond donors (Lipinski definition) is 3. The molecule has 2 atom stereocenters. The molecule has 0 radical (unpaired) electrons. The van der Waals surface area contributed by atoms with Crippen molar-refractivity contribution in [2.45, 2.75) is 37.8 Å². The molecular weight excluding hydrogens is 442 g/mol. The molecule has 2 aromatic rings. The molecule has 1 aromatic heterocycles. The van der Waals surface area contributed by atoms with Gasteiger partial charge in [0.05, 0.1) is 31.1 Å². The fourth-order valence-electron chi connectivity index (χ4n) is 3.48. The van der Waals surface area contributed by atoms with E-state index in [4.69, 9.17) is 14.6 Å². The summed E-state index contributed by atoms with van der Waals surface area (Å²) in [6, 6.07) is 3.80. The largest absolute Gasteiger partial charge is 0.484 e. The van der Waals surface area contributed by atoms with Crippen molar-refractivity contribution < 1.29 is 32.6 Å². The van der Waals surface area contributed by atoms with Crippen molar-refractivity contribution in [3.05, 3.63) is 23.9 Å². The number of aryl methyl sites for hydroxylation is 1. The van der Waals surface area contributed by atoms with Crippen molar-refractivity contribution in [2.75, 3.05) is 23.3 Å². The first-order valence-electron chi connectivity index (χ1n) is 9.63. The number of methoxy groups -OCH3 is 1. The summed E-state index contributed by atoms with van der Waals surface area (Å²) in [7, 11) is -1.29. The van der Waals surface area contributed by atoms with Gasteiger partial charge in [-0.3, -0.25) is 19.1 Å². The lowest BCUT2D eigenvalue weighted by molar-refractivity contribution is -0.120. The second-order valence-electron chi connectivity index (χ2n) is 7.34. The maximum atomic E-state index is 13.8. The molecule has 1 aromatic carbocycles. The molecule has 2 heterocycles. The van der Waals surface area contributed by atoms with E-state index in [1.807, 2.05) is 0 Å². The number of benzene rings is 1. The van der Waals surface area contributed by atoms with Gasteiger partial charge in [0.15, 0.2) is 4.90 Å². The standard InChI is InChI=1S/C19H25N5O7S/c1-10(20-12(3)25)16-9-24(14-8-13(21-19(26)27)6-7-15(14)31-16)32(28,29)17-11(2)23(4)22-18(17)30-5/h6-8,10,16,21H,9H2,1-5H3,(H,20,25)(H,26,27)/t10-,16+/m0/s1. The molecule has 3 N–H and O–H groups in total. The summed E-state index contributed by atoms with van der Waals surface area (Å²) >= 11 is 0. The molecule has 0 saturated carbocycles. The van der Waals surface area contributed by atoms with Crippen LogP contribution in [0.2, 0.25) is 0 Å². The second kappa shape index (κ2) is 8.57. The molecule has 0 unspecified atom stereocenters. The predicted octanol–water partition coefficient (Wildman–Crippen LogP) is 1.31. The third-order valence-corrected chi connectivity index (χ3v) is 6.99. The maximum Gasteiger partial charge on any atom is 0.409 e. The molecule has 174 valence electrons. The zero-order chi connectivity index (χ0) is 23.8. The Morgan fingerprint density at radius 2 is 2.06 bits per heavy atom. The van der Waals surface area contributed by atoms with Gasteiger partial charge in [-0.25, -0.2) is 13.2 Å². The first kappa shape index (κ1) is 23.2. The summed E-state index contributed by atoms with van der Waals surface area (Å²) in [4.78, 5) is 22.5. The molecule has 3 rings (SSSR count). The number of rotatable bonds is 6. The minimum absolute atomic E-state index is 0.0654. The molecule has 32 heavy (non-hydrogen) atoms. The zero-order valence-corrected chi connectivity index (χ0v) is 19.1. The molecule has 2 amide bonds. The Kier molecular flexibility index (Phi) is 6.21. The minimum atomic E-state index is -4.21. The van der Waals surface area contributed by atoms with Gasteiger partial charge in [0.2, 0.25) is 5.91 Å². The molecular formula is C19H25N5O7S. The van der Waals surface area contributed by atoms with E-state index < -0.39 is 28.3 Å². The first-order chi connectivity index (χ1) is 14.9. The number of fused-ring (bicyclic) bond motifs is 1. The topological polar surface area (TPSA) is 152 Å². The Hall–Kier alpha value is -3.48. The monoisotopic (exact) mass is 467 g/mol. The molecule has 1 aliphatic heterocycles. The van der Waals surface area contributed by atoms with Crippen molar-refractivity contribution in [3.8, 4) is 11.6 Å². The Balaban J connectivity index is 2.15. The number of hydrogen-bond acceptors (Lipinski definition) is 7. The number of carbonyl (C=O) groups is 2. The van der Waals surface area contributed by atoms with Crippen LogP contribution in [0.4, 0.5) is 16.2 Å². The number of sulfonamides is 1. The van der Waals surface area contributed by atoms with Crippen LogP contribution in [0.25, 0.3) is 0 Å². The Morgan fingerprint density at radius 1 is 1.38 bits per heavy atom. The SMILES string of the molecule is COc1nn(C)c(C)c1S(=O)(=O)N1C[C@H]([C@H](C)NC(C)=O)Oc2ccc(NC(=O)O)cc21. The third-order valence-electron chi connectivity index (χ3n) is 5.08. The highest BCUT2D eigenvalue weighted by molar-refractivity contribution is 7.93. The fourth-order valence-corrected chi connectivity index (χ4v) is 5.29. The second-order valence-corrected chi connectivity index (χ2v) is 9.14. The van der Waals surface area contributed by atoms with Gasteiger partial charge in [-0.2, -0.15) is 0 Å². The van der Waals surface area contributed by atoms with Crippen LogP contribution in [0.1, 0.15) is 19.5 Å². The smallest absolute Gasteiger partial charge is 0.409 e. The lowest BCUT2D eigenvalue weighted by atomic mass is 10.1. The van der Waals surface area contributed by atoms with Crippen LogP contribution in [0.3, 0.4) is 0 Å². The zero-order valence-electron chi connectivity index (χ0n) is 18.2. The van der Waals surface area contributed by atoms with Crippen molar-refractivity contribution >= 4 is 33.4 Å². The quantitative estimate of drug-likeness (QED) is 0.575. The van der Waals surface area contributed by atoms with Gasteiger partial charge in [0.25, 0.3) is 15.9 Å². The number of nitrogens with zero attached hydrogens (tertiary/aromatic N) is 3. The van der Waals surface area contributed by atoms with Crippen LogP contribution in [0.15, 0.2) is 23.1 Å². The summed E-state index contributed by atoms with van der Waals surface area (Å²) in [6.45, 7) is 4.53. The summed E-state index contributed by atoms with van der Waals surface area (Å²) in [5.74, 6) is -0.130. The van der Waals surface area contributed by atoms with E-state index in [9.17, 15) is 18.0 Å². The van der Waals surface area contributed by atoms with Crippen molar-refractivity contribution in [3.63, 3.8) is 0 Å². The van der Waals surface area contributed by atoms with Crippen LogP contribution in [-0.2, 0) is 21.9 Å². The van der Waals surface area contributed by atoms with E-state index in [2.05, 4.69) is 15.7 Å². The Labute approximate surface area is 185 Å². The van der Waals surface area contributed by atoms with Gasteiger partial charge in [0, 0.05) is 19.7 Å². The third kappa shape index (κ3) is 4.28. The van der Waals surface area contributed by atoms with Crippen LogP contribution in [0, 0.1) is 6.92 Å². The van der Waals surface area contributed by atoms with Gasteiger partial charge in [-0.05, 0) is 32.0 Å². The summed E-state index contributed by atoms with van der Waals surface area (Å²) in [5, 5.41) is 18.1. The number of amides is 2. The normalized spacial score (nSPS) is 16.5. The van der Waals surface area contributed by atoms with Crippen LogP contribution < -0.4 is 24.4 Å². The number of anilines is 2. The first-order valence-corrected chi connectivity index (χ1v) is 11.1. The van der Waals surface area contributed by atoms with Crippen molar-refractivity contribution in [1.82, 2.24) is 15.1 Å². The van der Waals surface area contributed by atoms with E-state index in [1.165, 1.54) is 36.9 Å². The van der Waals surface area contributed by atoms with Crippen LogP contribution in [-0.4, -0.2) is 61.1 Å². The van der Waals surface area contributed by atoms with Gasteiger partial charge >= 0.3 is 6.09 Å².